The van der Waals surface area contributed by atoms with Gasteiger partial charge in [0.25, 0.3) is 0 Å². The van der Waals surface area contributed by atoms with Crippen molar-refractivity contribution in [3.8, 4) is 0 Å². The third kappa shape index (κ3) is 10.7. The molecule has 31 heavy (non-hydrogen) atoms. The minimum absolute atomic E-state index is 0.354. The number of carboxylic acids is 1. The number of amides is 1. The molecule has 1 aliphatic rings. The molecule has 0 aromatic rings. The summed E-state index contributed by atoms with van der Waals surface area (Å²) in [6.45, 7) is 12.1. The molecule has 0 radical (unpaired) electrons. The number of unbranched alkanes of at least 4 members (excludes halogenated alkanes) is 3. The first-order chi connectivity index (χ1) is 14.6. The lowest BCUT2D eigenvalue weighted by molar-refractivity contribution is -0.140. The summed E-state index contributed by atoms with van der Waals surface area (Å²) in [6, 6.07) is -0.889. The van der Waals surface area contributed by atoms with Gasteiger partial charge in [-0.15, -0.1) is 0 Å². The first kappa shape index (κ1) is 27.8. The molecule has 0 heterocycles. The average Bonchev–Trinajstić information content (AvgIpc) is 2.68. The summed E-state index contributed by atoms with van der Waals surface area (Å²) in [5.74, 6) is 1.27. The van der Waals surface area contributed by atoms with Gasteiger partial charge in [0.1, 0.15) is 11.6 Å². The van der Waals surface area contributed by atoms with E-state index in [1.807, 2.05) is 0 Å². The molecule has 0 spiro atoms. The molecule has 0 bridgehead atoms. The number of hydrogen-bond donors (Lipinski definition) is 2. The zero-order valence-corrected chi connectivity index (χ0v) is 21.0. The summed E-state index contributed by atoms with van der Waals surface area (Å²) in [5, 5.41) is 12.5. The van der Waals surface area contributed by atoms with Gasteiger partial charge in [0, 0.05) is 0 Å². The molecular weight excluding hydrogens is 390 g/mol. The van der Waals surface area contributed by atoms with E-state index in [1.165, 1.54) is 70.6 Å². The van der Waals surface area contributed by atoms with E-state index in [1.54, 1.807) is 20.8 Å². The number of carbonyl (C=O) groups excluding carboxylic acids is 1. The third-order valence-corrected chi connectivity index (χ3v) is 6.80. The van der Waals surface area contributed by atoms with Crippen LogP contribution >= 0.6 is 0 Å². The Morgan fingerprint density at radius 1 is 0.935 bits per heavy atom. The molecule has 1 aliphatic carbocycles. The van der Waals surface area contributed by atoms with Crippen LogP contribution in [-0.4, -0.2) is 28.8 Å². The lowest BCUT2D eigenvalue weighted by Gasteiger charge is -2.44. The Balaban J connectivity index is 3.00. The molecule has 2 N–H and O–H groups in total. The van der Waals surface area contributed by atoms with Crippen molar-refractivity contribution < 1.29 is 19.4 Å². The van der Waals surface area contributed by atoms with E-state index in [4.69, 9.17) is 4.74 Å². The third-order valence-electron chi connectivity index (χ3n) is 6.80. The number of nitrogens with one attached hydrogen (secondary N) is 1. The number of alkyl carbamates (subject to hydrolysis) is 1. The predicted octanol–water partition coefficient (Wildman–Crippen LogP) is 7.18. The van der Waals surface area contributed by atoms with E-state index in [0.29, 0.717) is 24.2 Å². The minimum atomic E-state index is -0.956. The fourth-order valence-corrected chi connectivity index (χ4v) is 5.34. The van der Waals surface area contributed by atoms with Crippen LogP contribution in [0.2, 0.25) is 0 Å². The summed E-state index contributed by atoms with van der Waals surface area (Å²) in [4.78, 5) is 24.3. The van der Waals surface area contributed by atoms with Gasteiger partial charge < -0.3 is 15.2 Å². The number of hydrogen-bond acceptors (Lipinski definition) is 3. The molecule has 1 amide bonds. The Morgan fingerprint density at radius 2 is 1.42 bits per heavy atom. The fourth-order valence-electron chi connectivity index (χ4n) is 5.34. The summed E-state index contributed by atoms with van der Waals surface area (Å²) in [7, 11) is 0. The highest BCUT2D eigenvalue weighted by Crippen LogP contribution is 2.46. The Bertz CT molecular complexity index is 510. The van der Waals surface area contributed by atoms with Crippen molar-refractivity contribution in [2.24, 2.45) is 23.7 Å². The molecule has 182 valence electrons. The molecule has 3 atom stereocenters. The summed E-state index contributed by atoms with van der Waals surface area (Å²) < 4.78 is 5.34. The lowest BCUT2D eigenvalue weighted by atomic mass is 9.62. The number of carbonyl (C=O) groups is 2. The van der Waals surface area contributed by atoms with Gasteiger partial charge in [-0.3, -0.25) is 0 Å². The van der Waals surface area contributed by atoms with Crippen LogP contribution in [-0.2, 0) is 9.53 Å². The van der Waals surface area contributed by atoms with Crippen molar-refractivity contribution >= 4 is 12.1 Å². The Kier molecular flexibility index (Phi) is 12.5. The van der Waals surface area contributed by atoms with Gasteiger partial charge in [0.2, 0.25) is 0 Å². The monoisotopic (exact) mass is 439 g/mol. The first-order valence-electron chi connectivity index (χ1n) is 12.8. The average molecular weight is 440 g/mol. The molecule has 0 aromatic carbocycles. The zero-order valence-electron chi connectivity index (χ0n) is 21.0. The zero-order chi connectivity index (χ0) is 23.4. The maximum atomic E-state index is 12.3. The maximum absolute atomic E-state index is 12.3. The number of ether oxygens (including phenoxy) is 1. The van der Waals surface area contributed by atoms with E-state index >= 15 is 0 Å². The van der Waals surface area contributed by atoms with Crippen molar-refractivity contribution in [2.75, 3.05) is 0 Å². The number of carboxylic acid groups (broad SMARTS) is 1. The van der Waals surface area contributed by atoms with E-state index < -0.39 is 23.7 Å². The van der Waals surface area contributed by atoms with Crippen molar-refractivity contribution in [1.29, 1.82) is 0 Å². The molecule has 1 saturated carbocycles. The summed E-state index contributed by atoms with van der Waals surface area (Å²) >= 11 is 0. The van der Waals surface area contributed by atoms with Crippen LogP contribution in [0.3, 0.4) is 0 Å². The van der Waals surface area contributed by atoms with Crippen LogP contribution in [0.1, 0.15) is 119 Å². The smallest absolute Gasteiger partial charge is 0.408 e. The quantitative estimate of drug-likeness (QED) is 0.318. The van der Waals surface area contributed by atoms with Gasteiger partial charge in [0.05, 0.1) is 0 Å². The molecule has 1 fully saturated rings. The topological polar surface area (TPSA) is 75.6 Å². The van der Waals surface area contributed by atoms with Crippen molar-refractivity contribution in [1.82, 2.24) is 5.32 Å². The van der Waals surface area contributed by atoms with Crippen LogP contribution in [0, 0.1) is 23.7 Å². The number of aliphatic carboxylic acids is 1. The highest BCUT2D eigenvalue weighted by Gasteiger charge is 2.39. The van der Waals surface area contributed by atoms with Gasteiger partial charge in [0.15, 0.2) is 0 Å². The molecular formula is C26H49NO4. The van der Waals surface area contributed by atoms with Crippen molar-refractivity contribution in [3.63, 3.8) is 0 Å². The van der Waals surface area contributed by atoms with Gasteiger partial charge in [-0.25, -0.2) is 9.59 Å². The highest BCUT2D eigenvalue weighted by atomic mass is 16.6. The normalized spacial score (nSPS) is 25.1. The van der Waals surface area contributed by atoms with Crippen LogP contribution in [0.5, 0.6) is 0 Å². The summed E-state index contributed by atoms with van der Waals surface area (Å²) in [5.41, 5.74) is -0.641. The van der Waals surface area contributed by atoms with E-state index in [2.05, 4.69) is 26.1 Å². The second-order valence-electron chi connectivity index (χ2n) is 10.7. The maximum Gasteiger partial charge on any atom is 0.408 e. The van der Waals surface area contributed by atoms with Crippen LogP contribution in [0.25, 0.3) is 0 Å². The van der Waals surface area contributed by atoms with Gasteiger partial charge in [-0.05, 0) is 63.7 Å². The summed E-state index contributed by atoms with van der Waals surface area (Å²) in [6.07, 6.45) is 13.2. The second kappa shape index (κ2) is 14.0. The fraction of sp³-hybridized carbons (Fsp3) is 0.923. The molecule has 2 unspecified atom stereocenters. The van der Waals surface area contributed by atoms with Gasteiger partial charge in [-0.2, -0.15) is 0 Å². The van der Waals surface area contributed by atoms with Gasteiger partial charge in [-0.1, -0.05) is 78.6 Å². The standard InChI is InChI=1S/C26H49NO4/c1-7-10-13-19-16-20(14-11-8-2)22(21(17-19)15-12-9-3)18-23(24(28)29)27-25(30)31-26(4,5)6/h19-23H,7-18H2,1-6H3,(H,27,30)(H,28,29)/t19?,20?,21?,22?,23-/m0/s1. The lowest BCUT2D eigenvalue weighted by Crippen LogP contribution is -2.46. The molecule has 0 aliphatic heterocycles. The highest BCUT2D eigenvalue weighted by molar-refractivity contribution is 5.80. The van der Waals surface area contributed by atoms with Crippen LogP contribution < -0.4 is 5.32 Å². The molecule has 5 heteroatoms. The Labute approximate surface area is 191 Å². The first-order valence-corrected chi connectivity index (χ1v) is 12.8. The van der Waals surface area contributed by atoms with E-state index in [9.17, 15) is 14.7 Å². The Hall–Kier alpha value is -1.26. The van der Waals surface area contributed by atoms with Gasteiger partial charge >= 0.3 is 12.1 Å². The molecule has 0 aromatic heterocycles. The largest absolute Gasteiger partial charge is 0.480 e. The second-order valence-corrected chi connectivity index (χ2v) is 10.7. The van der Waals surface area contributed by atoms with E-state index in [-0.39, 0.29) is 0 Å². The Morgan fingerprint density at radius 3 is 1.84 bits per heavy atom. The molecule has 0 saturated heterocycles. The molecule has 1 rings (SSSR count). The minimum Gasteiger partial charge on any atom is -0.480 e. The predicted molar refractivity (Wildman–Crippen MR) is 127 cm³/mol. The molecule has 5 nitrogen and oxygen atoms in total. The van der Waals surface area contributed by atoms with Crippen molar-refractivity contribution in [2.45, 2.75) is 130 Å². The van der Waals surface area contributed by atoms with Crippen molar-refractivity contribution in [3.05, 3.63) is 0 Å². The van der Waals surface area contributed by atoms with E-state index in [0.717, 1.165) is 5.92 Å². The van der Waals surface area contributed by atoms with Crippen LogP contribution in [0.15, 0.2) is 0 Å². The van der Waals surface area contributed by atoms with Crippen LogP contribution in [0.4, 0.5) is 4.79 Å². The number of rotatable bonds is 13. The SMILES string of the molecule is CCCCC1CC(CCCC)C(C[C@H](NC(=O)OC(C)(C)C)C(=O)O)C(CCCC)C1.